The molecule has 0 fully saturated rings. The molecule has 2 amide bonds. The summed E-state index contributed by atoms with van der Waals surface area (Å²) in [6, 6.07) is 11.7. The summed E-state index contributed by atoms with van der Waals surface area (Å²) in [6.45, 7) is 1.39. The molecule has 3 aromatic rings. The van der Waals surface area contributed by atoms with Crippen LogP contribution in [0.3, 0.4) is 0 Å². The molecule has 0 radical (unpaired) electrons. The minimum absolute atomic E-state index is 0.0959. The summed E-state index contributed by atoms with van der Waals surface area (Å²) in [6.07, 6.45) is 0.366. The number of hydrogen-bond acceptors (Lipinski definition) is 5. The van der Waals surface area contributed by atoms with Crippen LogP contribution in [0.1, 0.15) is 17.3 Å². The average Bonchev–Trinajstić information content (AvgIpc) is 3.22. The Morgan fingerprint density at radius 1 is 1.11 bits per heavy atom. The number of ether oxygens (including phenoxy) is 1. The molecule has 0 aliphatic rings. The number of furan rings is 1. The minimum Gasteiger partial charge on any atom is -0.478 e. The second-order valence-electron chi connectivity index (χ2n) is 5.73. The number of amides is 2. The van der Waals surface area contributed by atoms with Gasteiger partial charge in [0.15, 0.2) is 17.7 Å². The lowest BCUT2D eigenvalue weighted by Crippen LogP contribution is -2.48. The number of carbonyl (C=O) groups excluding carboxylic acids is 2. The first-order chi connectivity index (χ1) is 13.5. The predicted octanol–water partition coefficient (Wildman–Crippen LogP) is 2.00. The molecule has 144 valence electrons. The summed E-state index contributed by atoms with van der Waals surface area (Å²) < 4.78 is 23.9. The first-order valence-electron chi connectivity index (χ1n) is 8.24. The fourth-order valence-corrected chi connectivity index (χ4v) is 2.30. The SMILES string of the molecule is CC(Oc1ccccc1F)C(=O)NNC(=O)c1ccc(-c2ccco2)[nH]c1=O. The van der Waals surface area contributed by atoms with Crippen LogP contribution >= 0.6 is 0 Å². The molecule has 3 N–H and O–H groups in total. The maximum absolute atomic E-state index is 13.6. The second kappa shape index (κ2) is 8.21. The third-order valence-electron chi connectivity index (χ3n) is 3.75. The molecule has 28 heavy (non-hydrogen) atoms. The summed E-state index contributed by atoms with van der Waals surface area (Å²) in [5, 5.41) is 0. The molecule has 0 aliphatic heterocycles. The fourth-order valence-electron chi connectivity index (χ4n) is 2.30. The van der Waals surface area contributed by atoms with Crippen LogP contribution in [0.25, 0.3) is 11.5 Å². The molecular weight excluding hydrogens is 369 g/mol. The maximum atomic E-state index is 13.6. The van der Waals surface area contributed by atoms with E-state index in [0.29, 0.717) is 11.5 Å². The van der Waals surface area contributed by atoms with Gasteiger partial charge in [0.25, 0.3) is 17.4 Å². The summed E-state index contributed by atoms with van der Waals surface area (Å²) in [7, 11) is 0. The van der Waals surface area contributed by atoms with Crippen LogP contribution in [-0.4, -0.2) is 22.9 Å². The van der Waals surface area contributed by atoms with Gasteiger partial charge in [-0.2, -0.15) is 0 Å². The molecule has 0 spiro atoms. The van der Waals surface area contributed by atoms with Gasteiger partial charge in [-0.1, -0.05) is 12.1 Å². The van der Waals surface area contributed by atoms with Crippen LogP contribution in [0.5, 0.6) is 5.75 Å². The van der Waals surface area contributed by atoms with Gasteiger partial charge >= 0.3 is 0 Å². The molecular formula is C19H16FN3O5. The van der Waals surface area contributed by atoms with E-state index < -0.39 is 29.3 Å². The van der Waals surface area contributed by atoms with Crippen LogP contribution < -0.4 is 21.1 Å². The van der Waals surface area contributed by atoms with E-state index in [9.17, 15) is 18.8 Å². The number of pyridine rings is 1. The maximum Gasteiger partial charge on any atom is 0.279 e. The lowest BCUT2D eigenvalue weighted by atomic mass is 10.2. The van der Waals surface area contributed by atoms with Gasteiger partial charge in [0.1, 0.15) is 11.3 Å². The summed E-state index contributed by atoms with van der Waals surface area (Å²) in [5.74, 6) is -1.81. The quantitative estimate of drug-likeness (QED) is 0.582. The Balaban J connectivity index is 1.60. The Morgan fingerprint density at radius 2 is 1.89 bits per heavy atom. The van der Waals surface area contributed by atoms with Crippen molar-refractivity contribution in [2.24, 2.45) is 0 Å². The van der Waals surface area contributed by atoms with Gasteiger partial charge in [-0.15, -0.1) is 0 Å². The number of para-hydroxylation sites is 1. The largest absolute Gasteiger partial charge is 0.478 e. The monoisotopic (exact) mass is 385 g/mol. The van der Waals surface area contributed by atoms with Crippen molar-refractivity contribution in [3.63, 3.8) is 0 Å². The lowest BCUT2D eigenvalue weighted by Gasteiger charge is -2.15. The first-order valence-corrected chi connectivity index (χ1v) is 8.24. The third-order valence-corrected chi connectivity index (χ3v) is 3.75. The van der Waals surface area contributed by atoms with Crippen molar-refractivity contribution < 1.29 is 23.1 Å². The van der Waals surface area contributed by atoms with Crippen LogP contribution in [-0.2, 0) is 4.79 Å². The highest BCUT2D eigenvalue weighted by molar-refractivity contribution is 5.95. The molecule has 2 aromatic heterocycles. The summed E-state index contributed by atoms with van der Waals surface area (Å²) >= 11 is 0. The van der Waals surface area contributed by atoms with Crippen molar-refractivity contribution in [1.82, 2.24) is 15.8 Å². The number of H-pyrrole nitrogens is 1. The van der Waals surface area contributed by atoms with E-state index in [0.717, 1.165) is 0 Å². The Bertz CT molecular complexity index is 1050. The number of carbonyl (C=O) groups is 2. The molecule has 0 saturated heterocycles. The van der Waals surface area contributed by atoms with Crippen LogP contribution in [0.15, 0.2) is 64.0 Å². The van der Waals surface area contributed by atoms with Crippen LogP contribution in [0, 0.1) is 5.82 Å². The van der Waals surface area contributed by atoms with E-state index >= 15 is 0 Å². The number of benzene rings is 1. The van der Waals surface area contributed by atoms with Gasteiger partial charge in [-0.3, -0.25) is 25.2 Å². The number of aromatic nitrogens is 1. The zero-order chi connectivity index (χ0) is 20.1. The van der Waals surface area contributed by atoms with Gasteiger partial charge in [0, 0.05) is 0 Å². The van der Waals surface area contributed by atoms with E-state index in [1.54, 1.807) is 18.2 Å². The van der Waals surface area contributed by atoms with Crippen molar-refractivity contribution in [3.8, 4) is 17.2 Å². The van der Waals surface area contributed by atoms with Crippen molar-refractivity contribution in [2.75, 3.05) is 0 Å². The van der Waals surface area contributed by atoms with E-state index in [2.05, 4.69) is 15.8 Å². The predicted molar refractivity (Wildman–Crippen MR) is 96.9 cm³/mol. The van der Waals surface area contributed by atoms with Gasteiger partial charge in [-0.05, 0) is 43.3 Å². The minimum atomic E-state index is -1.09. The molecule has 1 atom stereocenters. The number of hydrogen-bond donors (Lipinski definition) is 3. The smallest absolute Gasteiger partial charge is 0.279 e. The van der Waals surface area contributed by atoms with Crippen molar-refractivity contribution in [2.45, 2.75) is 13.0 Å². The summed E-state index contributed by atoms with van der Waals surface area (Å²) in [5.41, 5.74) is 3.79. The van der Waals surface area contributed by atoms with Crippen LogP contribution in [0.4, 0.5) is 4.39 Å². The highest BCUT2D eigenvalue weighted by atomic mass is 19.1. The van der Waals surface area contributed by atoms with Crippen molar-refractivity contribution >= 4 is 11.8 Å². The van der Waals surface area contributed by atoms with Gasteiger partial charge in [-0.25, -0.2) is 4.39 Å². The Kier molecular flexibility index (Phi) is 5.54. The normalized spacial score (nSPS) is 11.5. The molecule has 1 aromatic carbocycles. The van der Waals surface area contributed by atoms with E-state index in [-0.39, 0.29) is 11.3 Å². The number of hydrazine groups is 1. The number of nitrogens with one attached hydrogen (secondary N) is 3. The van der Waals surface area contributed by atoms with E-state index in [1.807, 2.05) is 0 Å². The third kappa shape index (κ3) is 4.26. The molecule has 0 bridgehead atoms. The zero-order valence-corrected chi connectivity index (χ0v) is 14.7. The Labute approximate surface area is 158 Å². The molecule has 3 rings (SSSR count). The molecule has 8 nitrogen and oxygen atoms in total. The molecule has 1 unspecified atom stereocenters. The van der Waals surface area contributed by atoms with Gasteiger partial charge in [0.05, 0.1) is 12.0 Å². The second-order valence-corrected chi connectivity index (χ2v) is 5.73. The fraction of sp³-hybridized carbons (Fsp3) is 0.105. The van der Waals surface area contributed by atoms with E-state index in [1.165, 1.54) is 43.5 Å². The average molecular weight is 385 g/mol. The highest BCUT2D eigenvalue weighted by Gasteiger charge is 2.18. The Morgan fingerprint density at radius 3 is 2.57 bits per heavy atom. The molecule has 9 heteroatoms. The number of rotatable bonds is 5. The van der Waals surface area contributed by atoms with E-state index in [4.69, 9.17) is 9.15 Å². The summed E-state index contributed by atoms with van der Waals surface area (Å²) in [4.78, 5) is 38.8. The molecule has 0 saturated carbocycles. The first kappa shape index (κ1) is 18.9. The highest BCUT2D eigenvalue weighted by Crippen LogP contribution is 2.17. The molecule has 2 heterocycles. The van der Waals surface area contributed by atoms with Crippen molar-refractivity contribution in [1.29, 1.82) is 0 Å². The standard InChI is InChI=1S/C19H16FN3O5/c1-11(28-15-6-3-2-5-13(15)20)17(24)22-23-19(26)12-8-9-14(21-18(12)25)16-7-4-10-27-16/h2-11H,1H3,(H,21,25)(H,22,24)(H,23,26). The number of halogens is 1. The molecule has 0 aliphatic carbocycles. The topological polar surface area (TPSA) is 113 Å². The number of aromatic amines is 1. The van der Waals surface area contributed by atoms with Gasteiger partial charge in [0.2, 0.25) is 0 Å². The lowest BCUT2D eigenvalue weighted by molar-refractivity contribution is -0.128. The van der Waals surface area contributed by atoms with Crippen molar-refractivity contribution in [3.05, 3.63) is 76.5 Å². The Hall–Kier alpha value is -3.88. The van der Waals surface area contributed by atoms with Gasteiger partial charge < -0.3 is 14.1 Å². The zero-order valence-electron chi connectivity index (χ0n) is 14.7. The van der Waals surface area contributed by atoms with Crippen LogP contribution in [0.2, 0.25) is 0 Å².